The first-order chi connectivity index (χ1) is 15.0. The van der Waals surface area contributed by atoms with Gasteiger partial charge >= 0.3 is 0 Å². The van der Waals surface area contributed by atoms with Gasteiger partial charge in [-0.3, -0.25) is 9.59 Å². The zero-order valence-electron chi connectivity index (χ0n) is 17.6. The van der Waals surface area contributed by atoms with E-state index in [9.17, 15) is 9.59 Å². The van der Waals surface area contributed by atoms with Crippen LogP contribution in [0.25, 0.3) is 0 Å². The van der Waals surface area contributed by atoms with Gasteiger partial charge in [-0.05, 0) is 49.2 Å². The first-order valence-corrected chi connectivity index (χ1v) is 11.6. The molecular formula is C23H25ClN2O4S. The van der Waals surface area contributed by atoms with Crippen LogP contribution in [0.5, 0.6) is 11.5 Å². The third-order valence-corrected chi connectivity index (χ3v) is 7.79. The number of rotatable bonds is 4. The van der Waals surface area contributed by atoms with E-state index >= 15 is 0 Å². The number of likely N-dealkylation sites (tertiary alicyclic amines) is 1. The van der Waals surface area contributed by atoms with Crippen LogP contribution in [0.15, 0.2) is 42.5 Å². The van der Waals surface area contributed by atoms with Crippen LogP contribution in [-0.4, -0.2) is 66.1 Å². The van der Waals surface area contributed by atoms with Gasteiger partial charge in [-0.25, -0.2) is 0 Å². The van der Waals surface area contributed by atoms with Crippen LogP contribution in [0.2, 0.25) is 5.02 Å². The van der Waals surface area contributed by atoms with Crippen LogP contribution in [-0.2, 0) is 0 Å². The zero-order chi connectivity index (χ0) is 22.0. The Bertz CT molecular complexity index is 974. The highest BCUT2D eigenvalue weighted by molar-refractivity contribution is 8.00. The molecule has 0 radical (unpaired) electrons. The topological polar surface area (TPSA) is 59.1 Å². The van der Waals surface area contributed by atoms with Crippen LogP contribution < -0.4 is 9.47 Å². The van der Waals surface area contributed by atoms with E-state index in [0.29, 0.717) is 47.3 Å². The molecule has 2 fully saturated rings. The molecule has 2 aliphatic heterocycles. The van der Waals surface area contributed by atoms with Crippen LogP contribution in [0.4, 0.5) is 0 Å². The van der Waals surface area contributed by atoms with Crippen molar-refractivity contribution in [2.24, 2.45) is 0 Å². The minimum atomic E-state index is -0.266. The quantitative estimate of drug-likeness (QED) is 0.685. The molecule has 0 saturated carbocycles. The van der Waals surface area contributed by atoms with E-state index in [1.165, 1.54) is 0 Å². The molecule has 2 aromatic carbocycles. The summed E-state index contributed by atoms with van der Waals surface area (Å²) in [7, 11) is 3.13. The Hall–Kier alpha value is -2.38. The molecule has 2 amide bonds. The van der Waals surface area contributed by atoms with Gasteiger partial charge in [-0.1, -0.05) is 11.6 Å². The number of nitrogens with zero attached hydrogens (tertiary/aromatic N) is 2. The van der Waals surface area contributed by atoms with Crippen molar-refractivity contribution in [1.82, 2.24) is 9.80 Å². The maximum absolute atomic E-state index is 13.2. The van der Waals surface area contributed by atoms with Gasteiger partial charge in [-0.2, -0.15) is 0 Å². The number of benzene rings is 2. The lowest BCUT2D eigenvalue weighted by Crippen LogP contribution is -2.53. The molecule has 0 aromatic heterocycles. The highest BCUT2D eigenvalue weighted by Crippen LogP contribution is 2.45. The van der Waals surface area contributed by atoms with Crippen LogP contribution in [0.1, 0.15) is 33.6 Å². The highest BCUT2D eigenvalue weighted by atomic mass is 35.5. The standard InChI is InChI=1S/C23H25ClN2O4S/c1-29-18-7-8-19(20(15-18)30-2)22(28)25-11-9-23(10-12-25)26(13-14-31-23)21(27)16-3-5-17(24)6-4-16/h3-8,15H,9-14H2,1-2H3. The Kier molecular flexibility index (Phi) is 6.34. The van der Waals surface area contributed by atoms with Crippen LogP contribution in [0, 0.1) is 0 Å². The van der Waals surface area contributed by atoms with Crippen molar-refractivity contribution in [3.8, 4) is 11.5 Å². The first kappa shape index (κ1) is 21.8. The number of methoxy groups -OCH3 is 2. The second-order valence-corrected chi connectivity index (χ2v) is 9.51. The summed E-state index contributed by atoms with van der Waals surface area (Å²) in [5.74, 6) is 2.01. The fourth-order valence-corrected chi connectivity index (χ4v) is 5.84. The second kappa shape index (κ2) is 9.01. The van der Waals surface area contributed by atoms with Crippen molar-refractivity contribution < 1.29 is 19.1 Å². The molecule has 0 N–H and O–H groups in total. The molecule has 2 aromatic rings. The lowest BCUT2D eigenvalue weighted by Gasteiger charge is -2.44. The molecule has 4 rings (SSSR count). The summed E-state index contributed by atoms with van der Waals surface area (Å²) in [6.45, 7) is 1.89. The minimum Gasteiger partial charge on any atom is -0.497 e. The van der Waals surface area contributed by atoms with E-state index in [1.54, 1.807) is 56.7 Å². The number of piperidine rings is 1. The molecule has 0 bridgehead atoms. The van der Waals surface area contributed by atoms with Crippen molar-refractivity contribution in [2.45, 2.75) is 17.7 Å². The predicted molar refractivity (Wildman–Crippen MR) is 122 cm³/mol. The summed E-state index contributed by atoms with van der Waals surface area (Å²) < 4.78 is 10.6. The molecule has 2 saturated heterocycles. The van der Waals surface area contributed by atoms with Crippen molar-refractivity contribution in [2.75, 3.05) is 39.6 Å². The van der Waals surface area contributed by atoms with Gasteiger partial charge in [0, 0.05) is 42.0 Å². The van der Waals surface area contributed by atoms with Crippen molar-refractivity contribution in [1.29, 1.82) is 0 Å². The second-order valence-electron chi connectivity index (χ2n) is 7.62. The van der Waals surface area contributed by atoms with Crippen molar-refractivity contribution >= 4 is 35.2 Å². The lowest BCUT2D eigenvalue weighted by molar-refractivity contribution is 0.0496. The van der Waals surface area contributed by atoms with Crippen molar-refractivity contribution in [3.05, 3.63) is 58.6 Å². The molecule has 1 spiro atoms. The van der Waals surface area contributed by atoms with Gasteiger partial charge in [0.05, 0.1) is 24.7 Å². The Morgan fingerprint density at radius 2 is 1.68 bits per heavy atom. The SMILES string of the molecule is COc1ccc(C(=O)N2CCC3(CC2)SCCN3C(=O)c2ccc(Cl)cc2)c(OC)c1. The average Bonchev–Trinajstić information content (AvgIpc) is 3.21. The maximum Gasteiger partial charge on any atom is 0.257 e. The van der Waals surface area contributed by atoms with Gasteiger partial charge in [0.2, 0.25) is 0 Å². The first-order valence-electron chi connectivity index (χ1n) is 10.2. The monoisotopic (exact) mass is 460 g/mol. The van der Waals surface area contributed by atoms with Crippen LogP contribution in [0.3, 0.4) is 0 Å². The number of thioether (sulfide) groups is 1. The summed E-state index contributed by atoms with van der Waals surface area (Å²) >= 11 is 7.79. The molecule has 31 heavy (non-hydrogen) atoms. The van der Waals surface area contributed by atoms with E-state index in [1.807, 2.05) is 21.6 Å². The van der Waals surface area contributed by atoms with E-state index in [2.05, 4.69) is 0 Å². The third-order valence-electron chi connectivity index (χ3n) is 5.98. The third kappa shape index (κ3) is 4.21. The van der Waals surface area contributed by atoms with Gasteiger partial charge in [0.1, 0.15) is 11.5 Å². The summed E-state index contributed by atoms with van der Waals surface area (Å²) in [6, 6.07) is 12.3. The molecule has 6 nitrogen and oxygen atoms in total. The number of hydrogen-bond donors (Lipinski definition) is 0. The minimum absolute atomic E-state index is 0.0262. The molecule has 2 heterocycles. The van der Waals surface area contributed by atoms with Crippen LogP contribution >= 0.6 is 23.4 Å². The molecule has 0 atom stereocenters. The maximum atomic E-state index is 13.2. The Balaban J connectivity index is 1.48. The average molecular weight is 461 g/mol. The fraction of sp³-hybridized carbons (Fsp3) is 0.391. The molecule has 164 valence electrons. The van der Waals surface area contributed by atoms with Crippen molar-refractivity contribution in [3.63, 3.8) is 0 Å². The highest BCUT2D eigenvalue weighted by Gasteiger charge is 2.47. The molecular weight excluding hydrogens is 436 g/mol. The smallest absolute Gasteiger partial charge is 0.257 e. The van der Waals surface area contributed by atoms with Gasteiger partial charge in [0.25, 0.3) is 11.8 Å². The summed E-state index contributed by atoms with van der Waals surface area (Å²) in [5.41, 5.74) is 1.17. The fourth-order valence-electron chi connectivity index (χ4n) is 4.26. The molecule has 2 aliphatic rings. The van der Waals surface area contributed by atoms with E-state index in [-0.39, 0.29) is 16.7 Å². The zero-order valence-corrected chi connectivity index (χ0v) is 19.2. The normalized spacial score (nSPS) is 17.6. The van der Waals surface area contributed by atoms with E-state index < -0.39 is 0 Å². The number of carbonyl (C=O) groups excluding carboxylic acids is 2. The Morgan fingerprint density at radius 1 is 0.968 bits per heavy atom. The number of ether oxygens (including phenoxy) is 2. The van der Waals surface area contributed by atoms with Gasteiger partial charge in [0.15, 0.2) is 0 Å². The Labute approximate surface area is 191 Å². The van der Waals surface area contributed by atoms with Gasteiger partial charge < -0.3 is 19.3 Å². The van der Waals surface area contributed by atoms with E-state index in [4.69, 9.17) is 21.1 Å². The largest absolute Gasteiger partial charge is 0.497 e. The molecule has 8 heteroatoms. The van der Waals surface area contributed by atoms with E-state index in [0.717, 1.165) is 18.6 Å². The summed E-state index contributed by atoms with van der Waals surface area (Å²) in [6.07, 6.45) is 1.47. The molecule has 0 aliphatic carbocycles. The number of amides is 2. The number of hydrogen-bond acceptors (Lipinski definition) is 5. The molecule has 0 unspecified atom stereocenters. The van der Waals surface area contributed by atoms with Gasteiger partial charge in [-0.15, -0.1) is 11.8 Å². The summed E-state index contributed by atoms with van der Waals surface area (Å²) in [5, 5.41) is 0.614. The lowest BCUT2D eigenvalue weighted by atomic mass is 10.00. The predicted octanol–water partition coefficient (Wildman–Crippen LogP) is 4.18. The number of carbonyl (C=O) groups is 2. The summed E-state index contributed by atoms with van der Waals surface area (Å²) in [4.78, 5) is 29.9. The Morgan fingerprint density at radius 3 is 2.32 bits per heavy atom. The number of halogens is 1.